The van der Waals surface area contributed by atoms with Crippen LogP contribution in [0.3, 0.4) is 0 Å². The second-order valence-corrected chi connectivity index (χ2v) is 9.11. The van der Waals surface area contributed by atoms with Gasteiger partial charge in [0.2, 0.25) is 11.8 Å². The van der Waals surface area contributed by atoms with Crippen molar-refractivity contribution in [3.8, 4) is 0 Å². The summed E-state index contributed by atoms with van der Waals surface area (Å²) in [5.41, 5.74) is 1.33. The van der Waals surface area contributed by atoms with Gasteiger partial charge in [0, 0.05) is 31.6 Å². The third-order valence-electron chi connectivity index (χ3n) is 6.41. The van der Waals surface area contributed by atoms with Crippen LogP contribution in [0.2, 0.25) is 0 Å². The van der Waals surface area contributed by atoms with E-state index in [9.17, 15) is 9.59 Å². The average Bonchev–Trinajstić information content (AvgIpc) is 2.74. The molecule has 5 heteroatoms. The van der Waals surface area contributed by atoms with E-state index in [2.05, 4.69) is 39.8 Å². The molecule has 0 bridgehead atoms. The first-order valence-corrected chi connectivity index (χ1v) is 11.4. The summed E-state index contributed by atoms with van der Waals surface area (Å²) in [4.78, 5) is 28.0. The van der Waals surface area contributed by atoms with Gasteiger partial charge in [-0.3, -0.25) is 14.5 Å². The van der Waals surface area contributed by atoms with Crippen LogP contribution in [0.4, 0.5) is 0 Å². The van der Waals surface area contributed by atoms with Crippen molar-refractivity contribution in [2.45, 2.75) is 77.4 Å². The maximum Gasteiger partial charge on any atom is 0.243 e. The molecule has 1 aromatic carbocycles. The highest BCUT2D eigenvalue weighted by Crippen LogP contribution is 2.24. The number of nitrogens with one attached hydrogen (secondary N) is 2. The van der Waals surface area contributed by atoms with Crippen molar-refractivity contribution in [1.29, 1.82) is 0 Å². The molecule has 29 heavy (non-hydrogen) atoms. The van der Waals surface area contributed by atoms with Crippen molar-refractivity contribution < 1.29 is 9.59 Å². The Hall–Kier alpha value is -1.88. The molecule has 1 atom stereocenters. The van der Waals surface area contributed by atoms with Gasteiger partial charge in [-0.1, -0.05) is 63.4 Å². The number of nitrogens with zero attached hydrogens (tertiary/aromatic N) is 1. The SMILES string of the molecule is CC(C)C(NC(=O)C1CCCCC1)C(=O)NC1CCN(Cc2ccccc2)CC1. The standard InChI is InChI=1S/C24H37N3O2/c1-18(2)22(26-23(28)20-11-7-4-8-12-20)24(29)25-21-13-15-27(16-14-21)17-19-9-5-3-6-10-19/h3,5-6,9-10,18,20-22H,4,7-8,11-17H2,1-2H3,(H,25,29)(H,26,28). The van der Waals surface area contributed by atoms with Gasteiger partial charge in [0.25, 0.3) is 0 Å². The molecule has 0 aromatic heterocycles. The largest absolute Gasteiger partial charge is 0.351 e. The van der Waals surface area contributed by atoms with Crippen LogP contribution >= 0.6 is 0 Å². The Morgan fingerprint density at radius 3 is 2.28 bits per heavy atom. The minimum Gasteiger partial charge on any atom is -0.351 e. The molecular formula is C24H37N3O2. The van der Waals surface area contributed by atoms with Crippen molar-refractivity contribution in [2.75, 3.05) is 13.1 Å². The lowest BCUT2D eigenvalue weighted by molar-refractivity contribution is -0.133. The van der Waals surface area contributed by atoms with E-state index in [1.165, 1.54) is 12.0 Å². The van der Waals surface area contributed by atoms with Gasteiger partial charge in [0.1, 0.15) is 6.04 Å². The van der Waals surface area contributed by atoms with Crippen molar-refractivity contribution in [3.05, 3.63) is 35.9 Å². The van der Waals surface area contributed by atoms with Crippen LogP contribution in [-0.4, -0.2) is 41.9 Å². The number of hydrogen-bond donors (Lipinski definition) is 2. The molecular weight excluding hydrogens is 362 g/mol. The fraction of sp³-hybridized carbons (Fsp3) is 0.667. The maximum atomic E-state index is 12.9. The molecule has 2 amide bonds. The number of rotatable bonds is 7. The van der Waals surface area contributed by atoms with Crippen LogP contribution in [0.5, 0.6) is 0 Å². The Labute approximate surface area is 175 Å². The topological polar surface area (TPSA) is 61.4 Å². The molecule has 1 heterocycles. The molecule has 0 spiro atoms. The quantitative estimate of drug-likeness (QED) is 0.738. The van der Waals surface area contributed by atoms with E-state index in [0.29, 0.717) is 0 Å². The summed E-state index contributed by atoms with van der Waals surface area (Å²) < 4.78 is 0. The molecule has 2 fully saturated rings. The van der Waals surface area contributed by atoms with E-state index >= 15 is 0 Å². The first-order chi connectivity index (χ1) is 14.0. The van der Waals surface area contributed by atoms with Gasteiger partial charge in [-0.25, -0.2) is 0 Å². The number of piperidine rings is 1. The number of carbonyl (C=O) groups excluding carboxylic acids is 2. The van der Waals surface area contributed by atoms with Gasteiger partial charge >= 0.3 is 0 Å². The molecule has 3 rings (SSSR count). The summed E-state index contributed by atoms with van der Waals surface area (Å²) in [6.07, 6.45) is 7.30. The smallest absolute Gasteiger partial charge is 0.243 e. The predicted molar refractivity (Wildman–Crippen MR) is 116 cm³/mol. The van der Waals surface area contributed by atoms with Crippen LogP contribution < -0.4 is 10.6 Å². The molecule has 1 saturated heterocycles. The zero-order chi connectivity index (χ0) is 20.6. The Morgan fingerprint density at radius 2 is 1.66 bits per heavy atom. The molecule has 2 aliphatic rings. The van der Waals surface area contributed by atoms with Gasteiger partial charge in [0.15, 0.2) is 0 Å². The van der Waals surface area contributed by atoms with Gasteiger partial charge in [-0.05, 0) is 37.2 Å². The van der Waals surface area contributed by atoms with Gasteiger partial charge < -0.3 is 10.6 Å². The molecule has 1 unspecified atom stereocenters. The number of benzene rings is 1. The number of amides is 2. The first kappa shape index (κ1) is 21.8. The summed E-state index contributed by atoms with van der Waals surface area (Å²) in [5.74, 6) is 0.210. The lowest BCUT2D eigenvalue weighted by Gasteiger charge is -2.34. The van der Waals surface area contributed by atoms with Crippen LogP contribution in [0.15, 0.2) is 30.3 Å². The predicted octanol–water partition coefficient (Wildman–Crippen LogP) is 3.49. The van der Waals surface area contributed by atoms with Gasteiger partial charge in [0.05, 0.1) is 0 Å². The van der Waals surface area contributed by atoms with Gasteiger partial charge in [-0.15, -0.1) is 0 Å². The van der Waals surface area contributed by atoms with Crippen LogP contribution in [0, 0.1) is 11.8 Å². The van der Waals surface area contributed by atoms with Crippen LogP contribution in [-0.2, 0) is 16.1 Å². The molecule has 160 valence electrons. The molecule has 1 aliphatic heterocycles. The maximum absolute atomic E-state index is 12.9. The summed E-state index contributed by atoms with van der Waals surface area (Å²) >= 11 is 0. The van der Waals surface area contributed by atoms with Crippen molar-refractivity contribution in [3.63, 3.8) is 0 Å². The molecule has 5 nitrogen and oxygen atoms in total. The lowest BCUT2D eigenvalue weighted by Crippen LogP contribution is -2.54. The van der Waals surface area contributed by atoms with Gasteiger partial charge in [-0.2, -0.15) is 0 Å². The Morgan fingerprint density at radius 1 is 1.00 bits per heavy atom. The summed E-state index contributed by atoms with van der Waals surface area (Å²) in [7, 11) is 0. The average molecular weight is 400 g/mol. The number of carbonyl (C=O) groups is 2. The first-order valence-electron chi connectivity index (χ1n) is 11.4. The van der Waals surface area contributed by atoms with E-state index in [-0.39, 0.29) is 29.7 Å². The summed E-state index contributed by atoms with van der Waals surface area (Å²) in [6, 6.07) is 10.3. The minimum absolute atomic E-state index is 0.0225. The van der Waals surface area contributed by atoms with Crippen molar-refractivity contribution >= 4 is 11.8 Å². The third-order valence-corrected chi connectivity index (χ3v) is 6.41. The molecule has 1 aliphatic carbocycles. The molecule has 1 saturated carbocycles. The zero-order valence-corrected chi connectivity index (χ0v) is 18.0. The Bertz CT molecular complexity index is 647. The normalized spacial score (nSPS) is 20.4. The highest BCUT2D eigenvalue weighted by Gasteiger charge is 2.30. The second-order valence-electron chi connectivity index (χ2n) is 9.11. The molecule has 2 N–H and O–H groups in total. The molecule has 0 radical (unpaired) electrons. The van der Waals surface area contributed by atoms with E-state index in [1.807, 2.05) is 19.9 Å². The molecule has 1 aromatic rings. The second kappa shape index (κ2) is 10.8. The van der Waals surface area contributed by atoms with Crippen molar-refractivity contribution in [2.24, 2.45) is 11.8 Å². The number of likely N-dealkylation sites (tertiary alicyclic amines) is 1. The third kappa shape index (κ3) is 6.56. The van der Waals surface area contributed by atoms with E-state index < -0.39 is 6.04 Å². The Balaban J connectivity index is 1.45. The Kier molecular flexibility index (Phi) is 8.10. The van der Waals surface area contributed by atoms with Crippen molar-refractivity contribution in [1.82, 2.24) is 15.5 Å². The fourth-order valence-electron chi connectivity index (χ4n) is 4.54. The van der Waals surface area contributed by atoms with E-state index in [1.54, 1.807) is 0 Å². The lowest BCUT2D eigenvalue weighted by atomic mass is 9.88. The minimum atomic E-state index is -0.438. The zero-order valence-electron chi connectivity index (χ0n) is 18.0. The monoisotopic (exact) mass is 399 g/mol. The summed E-state index contributed by atoms with van der Waals surface area (Å²) in [5, 5.41) is 6.27. The highest BCUT2D eigenvalue weighted by atomic mass is 16.2. The van der Waals surface area contributed by atoms with Crippen LogP contribution in [0.25, 0.3) is 0 Å². The fourth-order valence-corrected chi connectivity index (χ4v) is 4.54. The van der Waals surface area contributed by atoms with Crippen LogP contribution in [0.1, 0.15) is 64.4 Å². The van der Waals surface area contributed by atoms with E-state index in [4.69, 9.17) is 0 Å². The summed E-state index contributed by atoms with van der Waals surface area (Å²) in [6.45, 7) is 6.95. The van der Waals surface area contributed by atoms with E-state index in [0.717, 1.165) is 58.2 Å². The number of hydrogen-bond acceptors (Lipinski definition) is 3. The highest BCUT2D eigenvalue weighted by molar-refractivity contribution is 5.88.